The van der Waals surface area contributed by atoms with Crippen LogP contribution >= 0.6 is 0 Å². The van der Waals surface area contributed by atoms with Gasteiger partial charge in [-0.2, -0.15) is 0 Å². The summed E-state index contributed by atoms with van der Waals surface area (Å²) in [5.74, 6) is 0.487. The Hall–Kier alpha value is -1.84. The molecule has 1 aliphatic heterocycles. The fourth-order valence-corrected chi connectivity index (χ4v) is 4.25. The Balaban J connectivity index is 1.89. The summed E-state index contributed by atoms with van der Waals surface area (Å²) in [4.78, 5) is 25.8. The van der Waals surface area contributed by atoms with Crippen molar-refractivity contribution in [2.45, 2.75) is 70.9 Å². The zero-order valence-electron chi connectivity index (χ0n) is 15.0. The molecule has 1 aromatic rings. The zero-order chi connectivity index (χ0) is 17.5. The monoisotopic (exact) mass is 329 g/mol. The quantitative estimate of drug-likeness (QED) is 0.863. The lowest BCUT2D eigenvalue weighted by Crippen LogP contribution is -2.49. The number of benzene rings is 1. The van der Waals surface area contributed by atoms with Crippen LogP contribution in [0.2, 0.25) is 0 Å². The van der Waals surface area contributed by atoms with E-state index >= 15 is 0 Å². The van der Waals surface area contributed by atoms with Gasteiger partial charge in [0, 0.05) is 0 Å². The smallest absolute Gasteiger partial charge is 0.235 e. The molecule has 130 valence electrons. The molecule has 3 rings (SSSR count). The van der Waals surface area contributed by atoms with Crippen LogP contribution in [-0.2, 0) is 9.59 Å². The first-order valence-electron chi connectivity index (χ1n) is 8.96. The van der Waals surface area contributed by atoms with E-state index < -0.39 is 11.5 Å². The summed E-state index contributed by atoms with van der Waals surface area (Å²) in [5.41, 5.74) is 1.10. The van der Waals surface area contributed by atoms with Gasteiger partial charge < -0.3 is 10.1 Å². The van der Waals surface area contributed by atoms with Gasteiger partial charge >= 0.3 is 0 Å². The van der Waals surface area contributed by atoms with Crippen LogP contribution in [0.15, 0.2) is 18.2 Å². The van der Waals surface area contributed by atoms with Crippen molar-refractivity contribution in [1.29, 1.82) is 0 Å². The number of ether oxygens (including phenoxy) is 1. The molecular weight excluding hydrogens is 302 g/mol. The third-order valence-corrected chi connectivity index (χ3v) is 5.28. The minimum atomic E-state index is -0.677. The van der Waals surface area contributed by atoms with E-state index in [0.717, 1.165) is 42.6 Å². The van der Waals surface area contributed by atoms with Gasteiger partial charge in [0.25, 0.3) is 0 Å². The topological polar surface area (TPSA) is 55.4 Å². The lowest BCUT2D eigenvalue weighted by molar-refractivity contribution is -0.126. The summed E-state index contributed by atoms with van der Waals surface area (Å²) in [5, 5.41) is 3.05. The van der Waals surface area contributed by atoms with Gasteiger partial charge in [0.2, 0.25) is 5.91 Å². The maximum atomic E-state index is 13.1. The Morgan fingerprint density at radius 3 is 2.67 bits per heavy atom. The van der Waals surface area contributed by atoms with Gasteiger partial charge in [-0.25, -0.2) is 0 Å². The molecule has 0 bridgehead atoms. The fourth-order valence-electron chi connectivity index (χ4n) is 4.25. The predicted molar refractivity (Wildman–Crippen MR) is 93.2 cm³/mol. The number of hydrogen-bond donors (Lipinski definition) is 1. The van der Waals surface area contributed by atoms with E-state index in [2.05, 4.69) is 12.2 Å². The molecule has 1 heterocycles. The molecule has 1 saturated carbocycles. The van der Waals surface area contributed by atoms with Crippen LogP contribution in [0.3, 0.4) is 0 Å². The molecule has 1 amide bonds. The number of carbonyl (C=O) groups is 2. The first-order valence-corrected chi connectivity index (χ1v) is 8.96. The minimum Gasteiger partial charge on any atom is -0.491 e. The van der Waals surface area contributed by atoms with Gasteiger partial charge in [0.05, 0.1) is 11.6 Å². The molecule has 4 nitrogen and oxygen atoms in total. The number of rotatable bonds is 3. The number of Topliss-reactive ketones (excluding diaryl/α,β-unsaturated/α-hetero) is 1. The standard InChI is InChI=1S/C20H27NO3/c1-12(2)24-15-7-8-16(14(4)10-15)17-18(22)20(21-19(17)23)9-5-6-13(3)11-20/h7-8,10,12-13,17H,5-6,9,11H2,1-4H3,(H,21,23). The lowest BCUT2D eigenvalue weighted by atomic mass is 9.73. The second-order valence-electron chi connectivity index (χ2n) is 7.76. The van der Waals surface area contributed by atoms with Crippen molar-refractivity contribution in [3.63, 3.8) is 0 Å². The van der Waals surface area contributed by atoms with E-state index in [0.29, 0.717) is 5.92 Å². The van der Waals surface area contributed by atoms with E-state index in [9.17, 15) is 9.59 Å². The van der Waals surface area contributed by atoms with Crippen molar-refractivity contribution in [3.8, 4) is 5.75 Å². The number of ketones is 1. The first kappa shape index (κ1) is 17.0. The van der Waals surface area contributed by atoms with E-state index in [1.807, 2.05) is 39.0 Å². The molecule has 0 radical (unpaired) electrons. The average Bonchev–Trinajstić information content (AvgIpc) is 2.70. The lowest BCUT2D eigenvalue weighted by Gasteiger charge is -2.35. The van der Waals surface area contributed by atoms with Crippen LogP contribution in [0.4, 0.5) is 0 Å². The summed E-state index contributed by atoms with van der Waals surface area (Å²) in [6, 6.07) is 5.65. The van der Waals surface area contributed by atoms with E-state index in [1.165, 1.54) is 0 Å². The predicted octanol–water partition coefficient (Wildman–Crippen LogP) is 3.51. The highest BCUT2D eigenvalue weighted by Crippen LogP contribution is 2.42. The van der Waals surface area contributed by atoms with Gasteiger partial charge in [-0.1, -0.05) is 25.8 Å². The first-order chi connectivity index (χ1) is 11.3. The second-order valence-corrected chi connectivity index (χ2v) is 7.76. The fraction of sp³-hybridized carbons (Fsp3) is 0.600. The molecule has 1 aromatic carbocycles. The Bertz CT molecular complexity index is 667. The molecule has 1 saturated heterocycles. The Labute approximate surface area is 144 Å². The highest BCUT2D eigenvalue weighted by molar-refractivity contribution is 6.17. The molecule has 24 heavy (non-hydrogen) atoms. The summed E-state index contributed by atoms with van der Waals surface area (Å²) in [6.45, 7) is 8.06. The number of hydrogen-bond acceptors (Lipinski definition) is 3. The zero-order valence-corrected chi connectivity index (χ0v) is 15.0. The van der Waals surface area contributed by atoms with E-state index in [-0.39, 0.29) is 17.8 Å². The summed E-state index contributed by atoms with van der Waals surface area (Å²) >= 11 is 0. The molecule has 1 aliphatic carbocycles. The number of amides is 1. The highest BCUT2D eigenvalue weighted by atomic mass is 16.5. The van der Waals surface area contributed by atoms with Crippen molar-refractivity contribution in [3.05, 3.63) is 29.3 Å². The molecule has 0 aromatic heterocycles. The van der Waals surface area contributed by atoms with Crippen molar-refractivity contribution in [2.24, 2.45) is 5.92 Å². The Morgan fingerprint density at radius 2 is 2.04 bits per heavy atom. The largest absolute Gasteiger partial charge is 0.491 e. The van der Waals surface area contributed by atoms with Crippen LogP contribution in [0, 0.1) is 12.8 Å². The molecule has 3 atom stereocenters. The molecule has 1 spiro atoms. The van der Waals surface area contributed by atoms with Crippen LogP contribution in [0.1, 0.15) is 63.5 Å². The average molecular weight is 329 g/mol. The SMILES string of the molecule is Cc1cc(OC(C)C)ccc1C1C(=O)NC2(CCCC(C)C2)C1=O. The number of carbonyl (C=O) groups excluding carboxylic acids is 2. The maximum Gasteiger partial charge on any atom is 0.235 e. The third-order valence-electron chi connectivity index (χ3n) is 5.28. The summed E-state index contributed by atoms with van der Waals surface area (Å²) in [6.07, 6.45) is 3.77. The molecule has 1 N–H and O–H groups in total. The molecule has 3 unspecified atom stereocenters. The van der Waals surface area contributed by atoms with Crippen molar-refractivity contribution in [2.75, 3.05) is 0 Å². The van der Waals surface area contributed by atoms with Crippen LogP contribution < -0.4 is 10.1 Å². The van der Waals surface area contributed by atoms with Crippen LogP contribution in [0.25, 0.3) is 0 Å². The maximum absolute atomic E-state index is 13.1. The Kier molecular flexibility index (Phi) is 4.41. The van der Waals surface area contributed by atoms with E-state index in [4.69, 9.17) is 4.74 Å². The molecule has 2 fully saturated rings. The van der Waals surface area contributed by atoms with Gasteiger partial charge in [-0.05, 0) is 62.8 Å². The van der Waals surface area contributed by atoms with Gasteiger partial charge in [0.1, 0.15) is 11.7 Å². The summed E-state index contributed by atoms with van der Waals surface area (Å²) < 4.78 is 5.70. The highest BCUT2D eigenvalue weighted by Gasteiger charge is 2.54. The van der Waals surface area contributed by atoms with Crippen molar-refractivity contribution >= 4 is 11.7 Å². The van der Waals surface area contributed by atoms with E-state index in [1.54, 1.807) is 0 Å². The van der Waals surface area contributed by atoms with Gasteiger partial charge in [-0.15, -0.1) is 0 Å². The number of nitrogens with one attached hydrogen (secondary N) is 1. The van der Waals surface area contributed by atoms with Crippen molar-refractivity contribution < 1.29 is 14.3 Å². The van der Waals surface area contributed by atoms with Crippen LogP contribution in [0.5, 0.6) is 5.75 Å². The second kappa shape index (κ2) is 6.23. The normalized spacial score (nSPS) is 30.0. The summed E-state index contributed by atoms with van der Waals surface area (Å²) in [7, 11) is 0. The third kappa shape index (κ3) is 2.94. The molecule has 2 aliphatic rings. The Morgan fingerprint density at radius 1 is 1.29 bits per heavy atom. The van der Waals surface area contributed by atoms with Gasteiger partial charge in [0.15, 0.2) is 5.78 Å². The van der Waals surface area contributed by atoms with Crippen molar-refractivity contribution in [1.82, 2.24) is 5.32 Å². The van der Waals surface area contributed by atoms with Gasteiger partial charge in [-0.3, -0.25) is 9.59 Å². The number of aryl methyl sites for hydroxylation is 1. The molecular formula is C20H27NO3. The molecule has 4 heteroatoms. The van der Waals surface area contributed by atoms with Crippen LogP contribution in [-0.4, -0.2) is 23.3 Å². The minimum absolute atomic E-state index is 0.0553.